The summed E-state index contributed by atoms with van der Waals surface area (Å²) in [5.74, 6) is 1.51. The van der Waals surface area contributed by atoms with Crippen molar-refractivity contribution in [1.29, 1.82) is 0 Å². The van der Waals surface area contributed by atoms with E-state index in [2.05, 4.69) is 6.92 Å². The standard InChI is InChI=1S/C17H29NO3/c1-5-9-15(20-7-3)17(18)13-10-11-14(19-6-2)16(12-13)21-8-4/h10-12,15,17H,5-9,18H2,1-4H3. The van der Waals surface area contributed by atoms with Crippen molar-refractivity contribution in [3.63, 3.8) is 0 Å². The molecule has 4 nitrogen and oxygen atoms in total. The lowest BCUT2D eigenvalue weighted by Crippen LogP contribution is -2.29. The zero-order valence-electron chi connectivity index (χ0n) is 13.7. The third kappa shape index (κ3) is 5.21. The molecule has 0 aliphatic heterocycles. The number of rotatable bonds is 10. The van der Waals surface area contributed by atoms with Crippen LogP contribution in [0.2, 0.25) is 0 Å². The Balaban J connectivity index is 2.96. The van der Waals surface area contributed by atoms with Crippen molar-refractivity contribution in [3.8, 4) is 11.5 Å². The fraction of sp³-hybridized carbons (Fsp3) is 0.647. The SMILES string of the molecule is CCCC(OCC)C(N)c1ccc(OCC)c(OCC)c1. The lowest BCUT2D eigenvalue weighted by atomic mass is 9.98. The number of nitrogens with two attached hydrogens (primary N) is 1. The first-order valence-corrected chi connectivity index (χ1v) is 7.94. The maximum Gasteiger partial charge on any atom is 0.161 e. The molecule has 0 heterocycles. The van der Waals surface area contributed by atoms with Crippen LogP contribution in [0.15, 0.2) is 18.2 Å². The summed E-state index contributed by atoms with van der Waals surface area (Å²) in [6.45, 7) is 9.95. The van der Waals surface area contributed by atoms with Gasteiger partial charge in [-0.15, -0.1) is 0 Å². The highest BCUT2D eigenvalue weighted by Gasteiger charge is 2.20. The molecule has 21 heavy (non-hydrogen) atoms. The molecule has 0 saturated carbocycles. The smallest absolute Gasteiger partial charge is 0.161 e. The maximum atomic E-state index is 6.38. The zero-order valence-corrected chi connectivity index (χ0v) is 13.7. The van der Waals surface area contributed by atoms with Gasteiger partial charge in [0, 0.05) is 6.61 Å². The second-order valence-electron chi connectivity index (χ2n) is 4.88. The van der Waals surface area contributed by atoms with Gasteiger partial charge < -0.3 is 19.9 Å². The van der Waals surface area contributed by atoms with Gasteiger partial charge in [0.1, 0.15) is 0 Å². The Morgan fingerprint density at radius 1 is 0.952 bits per heavy atom. The Morgan fingerprint density at radius 3 is 2.19 bits per heavy atom. The molecule has 120 valence electrons. The highest BCUT2D eigenvalue weighted by Crippen LogP contribution is 2.32. The van der Waals surface area contributed by atoms with Crippen LogP contribution in [-0.2, 0) is 4.74 Å². The molecule has 0 aliphatic carbocycles. The first-order valence-electron chi connectivity index (χ1n) is 7.94. The van der Waals surface area contributed by atoms with Crippen molar-refractivity contribution in [2.24, 2.45) is 5.73 Å². The molecule has 0 amide bonds. The van der Waals surface area contributed by atoms with Crippen LogP contribution in [0.5, 0.6) is 11.5 Å². The summed E-state index contributed by atoms with van der Waals surface area (Å²) in [7, 11) is 0. The number of hydrogen-bond donors (Lipinski definition) is 1. The van der Waals surface area contributed by atoms with E-state index in [4.69, 9.17) is 19.9 Å². The van der Waals surface area contributed by atoms with Crippen LogP contribution in [0.4, 0.5) is 0 Å². The van der Waals surface area contributed by atoms with E-state index in [0.29, 0.717) is 19.8 Å². The molecule has 2 atom stereocenters. The molecular weight excluding hydrogens is 266 g/mol. The van der Waals surface area contributed by atoms with Gasteiger partial charge in [0.15, 0.2) is 11.5 Å². The molecule has 2 unspecified atom stereocenters. The topological polar surface area (TPSA) is 53.7 Å². The number of hydrogen-bond acceptors (Lipinski definition) is 4. The third-order valence-corrected chi connectivity index (χ3v) is 3.31. The molecule has 0 aliphatic rings. The van der Waals surface area contributed by atoms with Crippen molar-refractivity contribution < 1.29 is 14.2 Å². The molecule has 0 fully saturated rings. The molecule has 1 aromatic rings. The minimum absolute atomic E-state index is 0.0346. The Bertz CT molecular complexity index is 403. The van der Waals surface area contributed by atoms with E-state index in [1.165, 1.54) is 0 Å². The van der Waals surface area contributed by atoms with Crippen molar-refractivity contribution in [2.75, 3.05) is 19.8 Å². The molecule has 1 aromatic carbocycles. The van der Waals surface area contributed by atoms with Gasteiger partial charge in [0.05, 0.1) is 25.4 Å². The minimum Gasteiger partial charge on any atom is -0.490 e. The first kappa shape index (κ1) is 17.8. The van der Waals surface area contributed by atoms with Crippen LogP contribution in [0.1, 0.15) is 52.1 Å². The van der Waals surface area contributed by atoms with Crippen molar-refractivity contribution in [3.05, 3.63) is 23.8 Å². The normalized spacial score (nSPS) is 13.8. The van der Waals surface area contributed by atoms with Crippen LogP contribution >= 0.6 is 0 Å². The van der Waals surface area contributed by atoms with Crippen LogP contribution in [0.3, 0.4) is 0 Å². The summed E-state index contributed by atoms with van der Waals surface area (Å²) in [4.78, 5) is 0. The zero-order chi connectivity index (χ0) is 15.7. The summed E-state index contributed by atoms with van der Waals surface area (Å²) in [6.07, 6.45) is 2.03. The van der Waals surface area contributed by atoms with Gasteiger partial charge in [-0.1, -0.05) is 19.4 Å². The molecule has 4 heteroatoms. The second kappa shape index (κ2) is 9.64. The summed E-state index contributed by atoms with van der Waals surface area (Å²) >= 11 is 0. The largest absolute Gasteiger partial charge is 0.490 e. The van der Waals surface area contributed by atoms with Gasteiger partial charge >= 0.3 is 0 Å². The van der Waals surface area contributed by atoms with Gasteiger partial charge in [-0.3, -0.25) is 0 Å². The van der Waals surface area contributed by atoms with Crippen LogP contribution in [-0.4, -0.2) is 25.9 Å². The minimum atomic E-state index is -0.153. The van der Waals surface area contributed by atoms with E-state index in [1.54, 1.807) is 0 Å². The van der Waals surface area contributed by atoms with E-state index >= 15 is 0 Å². The first-order chi connectivity index (χ1) is 10.2. The maximum absolute atomic E-state index is 6.38. The van der Waals surface area contributed by atoms with Crippen LogP contribution < -0.4 is 15.2 Å². The Hall–Kier alpha value is -1.26. The summed E-state index contributed by atoms with van der Waals surface area (Å²) in [5.41, 5.74) is 7.40. The van der Waals surface area contributed by atoms with Gasteiger partial charge in [-0.05, 0) is 44.9 Å². The number of ether oxygens (including phenoxy) is 3. The quantitative estimate of drug-likeness (QED) is 0.715. The Labute approximate surface area is 128 Å². The Morgan fingerprint density at radius 2 is 1.62 bits per heavy atom. The third-order valence-electron chi connectivity index (χ3n) is 3.31. The fourth-order valence-electron chi connectivity index (χ4n) is 2.35. The lowest BCUT2D eigenvalue weighted by molar-refractivity contribution is 0.0374. The fourth-order valence-corrected chi connectivity index (χ4v) is 2.35. The predicted octanol–water partition coefficient (Wildman–Crippen LogP) is 3.69. The molecule has 0 saturated heterocycles. The highest BCUT2D eigenvalue weighted by molar-refractivity contribution is 5.44. The lowest BCUT2D eigenvalue weighted by Gasteiger charge is -2.24. The van der Waals surface area contributed by atoms with Gasteiger partial charge in [0.25, 0.3) is 0 Å². The van der Waals surface area contributed by atoms with Crippen LogP contribution in [0, 0.1) is 0 Å². The van der Waals surface area contributed by atoms with Crippen molar-refractivity contribution in [1.82, 2.24) is 0 Å². The number of benzene rings is 1. The average molecular weight is 295 g/mol. The summed E-state index contributed by atoms with van der Waals surface area (Å²) in [6, 6.07) is 5.75. The molecule has 0 aromatic heterocycles. The highest BCUT2D eigenvalue weighted by atomic mass is 16.5. The van der Waals surface area contributed by atoms with Crippen LogP contribution in [0.25, 0.3) is 0 Å². The van der Waals surface area contributed by atoms with E-state index in [9.17, 15) is 0 Å². The van der Waals surface area contributed by atoms with Gasteiger partial charge in [-0.2, -0.15) is 0 Å². The summed E-state index contributed by atoms with van der Waals surface area (Å²) < 4.78 is 17.0. The predicted molar refractivity (Wildman–Crippen MR) is 86.0 cm³/mol. The van der Waals surface area contributed by atoms with Gasteiger partial charge in [0.2, 0.25) is 0 Å². The molecular formula is C17H29NO3. The molecule has 1 rings (SSSR count). The molecule has 0 radical (unpaired) electrons. The van der Waals surface area contributed by atoms with Crippen molar-refractivity contribution >= 4 is 0 Å². The van der Waals surface area contributed by atoms with Crippen molar-refractivity contribution in [2.45, 2.75) is 52.7 Å². The molecule has 0 bridgehead atoms. The van der Waals surface area contributed by atoms with E-state index < -0.39 is 0 Å². The second-order valence-corrected chi connectivity index (χ2v) is 4.88. The van der Waals surface area contributed by atoms with E-state index in [1.807, 2.05) is 39.0 Å². The van der Waals surface area contributed by atoms with E-state index in [-0.39, 0.29) is 12.1 Å². The summed E-state index contributed by atoms with van der Waals surface area (Å²) in [5, 5.41) is 0. The molecule has 2 N–H and O–H groups in total. The average Bonchev–Trinajstić information content (AvgIpc) is 2.48. The monoisotopic (exact) mass is 295 g/mol. The molecule has 0 spiro atoms. The van der Waals surface area contributed by atoms with Gasteiger partial charge in [-0.25, -0.2) is 0 Å². The Kier molecular flexibility index (Phi) is 8.16. The van der Waals surface area contributed by atoms with E-state index in [0.717, 1.165) is 29.9 Å².